The van der Waals surface area contributed by atoms with Crippen molar-refractivity contribution in [3.63, 3.8) is 0 Å². The van der Waals surface area contributed by atoms with E-state index in [-0.39, 0.29) is 11.4 Å². The summed E-state index contributed by atoms with van der Waals surface area (Å²) in [5, 5.41) is 0. The largest absolute Gasteiger partial charge is 0.465 e. The second-order valence-electron chi connectivity index (χ2n) is 8.10. The maximum atomic E-state index is 12.1. The second-order valence-corrected chi connectivity index (χ2v) is 8.10. The van der Waals surface area contributed by atoms with Crippen molar-refractivity contribution < 1.29 is 9.53 Å². The number of fused-ring (bicyclic) bond motifs is 1. The molecule has 4 aliphatic rings. The lowest BCUT2D eigenvalue weighted by molar-refractivity contribution is -0.191. The van der Waals surface area contributed by atoms with Crippen molar-refractivity contribution in [3.8, 4) is 0 Å². The normalized spacial score (nSPS) is 36.4. The predicted molar refractivity (Wildman–Crippen MR) is 85.0 cm³/mol. The standard InChI is InChI=1S/C19H32O2/c1-2-3-4-5-6-7-8-9-10-11-16-12-18-13-19(16,14-18)17(20)21-15-18/h16H,2-15H2,1H3. The Morgan fingerprint density at radius 1 is 1.00 bits per heavy atom. The molecule has 4 rings (SSSR count). The smallest absolute Gasteiger partial charge is 0.312 e. The number of ether oxygens (including phenoxy) is 1. The minimum absolute atomic E-state index is 0.0155. The van der Waals surface area contributed by atoms with Crippen molar-refractivity contribution in [2.75, 3.05) is 6.61 Å². The predicted octanol–water partition coefficient (Wildman–Crippen LogP) is 5.25. The van der Waals surface area contributed by atoms with Crippen LogP contribution in [0, 0.1) is 16.7 Å². The molecule has 0 aromatic heterocycles. The Balaban J connectivity index is 1.27. The summed E-state index contributed by atoms with van der Waals surface area (Å²) < 4.78 is 5.39. The fourth-order valence-electron chi connectivity index (χ4n) is 5.35. The number of esters is 1. The molecule has 0 N–H and O–H groups in total. The first-order chi connectivity index (χ1) is 10.2. The summed E-state index contributed by atoms with van der Waals surface area (Å²) in [6.45, 7) is 3.00. The van der Waals surface area contributed by atoms with Crippen LogP contribution in [0.5, 0.6) is 0 Å². The van der Waals surface area contributed by atoms with Crippen molar-refractivity contribution in [3.05, 3.63) is 0 Å². The average Bonchev–Trinajstić information content (AvgIpc) is 2.88. The Labute approximate surface area is 130 Å². The first-order valence-electron chi connectivity index (χ1n) is 9.38. The van der Waals surface area contributed by atoms with Crippen molar-refractivity contribution >= 4 is 5.97 Å². The Morgan fingerprint density at radius 2 is 1.62 bits per heavy atom. The summed E-state index contributed by atoms with van der Waals surface area (Å²) in [7, 11) is 0. The number of rotatable bonds is 10. The van der Waals surface area contributed by atoms with Gasteiger partial charge in [0.2, 0.25) is 0 Å². The summed E-state index contributed by atoms with van der Waals surface area (Å²) in [6.07, 6.45) is 17.3. The van der Waals surface area contributed by atoms with Crippen LogP contribution in [0.3, 0.4) is 0 Å². The van der Waals surface area contributed by atoms with Gasteiger partial charge in [-0.25, -0.2) is 0 Å². The van der Waals surface area contributed by atoms with Crippen LogP contribution < -0.4 is 0 Å². The van der Waals surface area contributed by atoms with E-state index >= 15 is 0 Å². The lowest BCUT2D eigenvalue weighted by Gasteiger charge is -2.51. The summed E-state index contributed by atoms with van der Waals surface area (Å²) in [6, 6.07) is 0. The molecule has 1 atom stereocenters. The first-order valence-corrected chi connectivity index (χ1v) is 9.38. The molecule has 3 saturated carbocycles. The first kappa shape index (κ1) is 15.4. The van der Waals surface area contributed by atoms with E-state index in [1.165, 1.54) is 70.6 Å². The summed E-state index contributed by atoms with van der Waals surface area (Å²) in [4.78, 5) is 12.1. The van der Waals surface area contributed by atoms with Gasteiger partial charge in [0, 0.05) is 5.41 Å². The third-order valence-corrected chi connectivity index (χ3v) is 6.41. The maximum Gasteiger partial charge on any atom is 0.312 e. The highest BCUT2D eigenvalue weighted by Gasteiger charge is 2.73. The fourth-order valence-corrected chi connectivity index (χ4v) is 5.35. The molecule has 0 aromatic carbocycles. The monoisotopic (exact) mass is 292 g/mol. The lowest BCUT2D eigenvalue weighted by Crippen LogP contribution is -2.53. The molecule has 0 amide bonds. The van der Waals surface area contributed by atoms with Gasteiger partial charge in [-0.1, -0.05) is 64.7 Å². The van der Waals surface area contributed by atoms with Crippen molar-refractivity contribution in [1.82, 2.24) is 0 Å². The van der Waals surface area contributed by atoms with Crippen LogP contribution in [0.4, 0.5) is 0 Å². The zero-order chi connectivity index (χ0) is 14.8. The van der Waals surface area contributed by atoms with Gasteiger partial charge in [0.15, 0.2) is 0 Å². The summed E-state index contributed by atoms with van der Waals surface area (Å²) in [5.41, 5.74) is 0.413. The number of hydrogen-bond donors (Lipinski definition) is 0. The van der Waals surface area contributed by atoms with Crippen LogP contribution in [-0.4, -0.2) is 12.6 Å². The zero-order valence-corrected chi connectivity index (χ0v) is 13.8. The number of cyclic esters (lactones) is 1. The molecule has 2 nitrogen and oxygen atoms in total. The third kappa shape index (κ3) is 2.87. The molecular weight excluding hydrogens is 260 g/mol. The van der Waals surface area contributed by atoms with E-state index in [2.05, 4.69) is 6.92 Å². The van der Waals surface area contributed by atoms with Gasteiger partial charge in [-0.3, -0.25) is 4.79 Å². The van der Waals surface area contributed by atoms with Gasteiger partial charge in [-0.05, 0) is 31.6 Å². The van der Waals surface area contributed by atoms with E-state index in [9.17, 15) is 4.79 Å². The summed E-state index contributed by atoms with van der Waals surface area (Å²) in [5.74, 6) is 0.792. The Hall–Kier alpha value is -0.530. The van der Waals surface area contributed by atoms with Crippen molar-refractivity contribution in [1.29, 1.82) is 0 Å². The molecule has 120 valence electrons. The summed E-state index contributed by atoms with van der Waals surface area (Å²) >= 11 is 0. The number of unbranched alkanes of at least 4 members (excludes halogenated alkanes) is 8. The number of carbonyl (C=O) groups is 1. The van der Waals surface area contributed by atoms with Crippen LogP contribution in [0.1, 0.15) is 90.4 Å². The van der Waals surface area contributed by atoms with Crippen LogP contribution in [0.2, 0.25) is 0 Å². The molecule has 4 fully saturated rings. The lowest BCUT2D eigenvalue weighted by atomic mass is 9.57. The molecule has 0 spiro atoms. The topological polar surface area (TPSA) is 26.3 Å². The highest BCUT2D eigenvalue weighted by Crippen LogP contribution is 2.73. The van der Waals surface area contributed by atoms with E-state index in [1.54, 1.807) is 0 Å². The second kappa shape index (κ2) is 6.30. The quantitative estimate of drug-likeness (QED) is 0.406. The highest BCUT2D eigenvalue weighted by atomic mass is 16.5. The van der Waals surface area contributed by atoms with E-state index in [0.717, 1.165) is 19.4 Å². The molecule has 0 radical (unpaired) electrons. The third-order valence-electron chi connectivity index (χ3n) is 6.41. The van der Waals surface area contributed by atoms with E-state index in [0.29, 0.717) is 11.3 Å². The Bertz CT molecular complexity index is 368. The van der Waals surface area contributed by atoms with Gasteiger partial charge >= 0.3 is 5.97 Å². The average molecular weight is 292 g/mol. The van der Waals surface area contributed by atoms with Crippen LogP contribution in [0.15, 0.2) is 0 Å². The van der Waals surface area contributed by atoms with Gasteiger partial charge in [-0.15, -0.1) is 0 Å². The number of hydrogen-bond acceptors (Lipinski definition) is 2. The highest BCUT2D eigenvalue weighted by molar-refractivity contribution is 5.81. The van der Waals surface area contributed by atoms with E-state index in [4.69, 9.17) is 4.74 Å². The van der Waals surface area contributed by atoms with Gasteiger partial charge in [0.25, 0.3) is 0 Å². The molecule has 0 aromatic rings. The van der Waals surface area contributed by atoms with Crippen molar-refractivity contribution in [2.24, 2.45) is 16.7 Å². The molecule has 1 saturated heterocycles. The SMILES string of the molecule is CCCCCCCCCCCC1CC23COC(=O)C1(C2)C3. The molecule has 1 aliphatic heterocycles. The molecular formula is C19H32O2. The van der Waals surface area contributed by atoms with Gasteiger partial charge in [-0.2, -0.15) is 0 Å². The van der Waals surface area contributed by atoms with E-state index in [1.807, 2.05) is 0 Å². The molecule has 1 unspecified atom stereocenters. The molecule has 2 bridgehead atoms. The minimum atomic E-state index is -0.0155. The zero-order valence-electron chi connectivity index (χ0n) is 13.8. The molecule has 3 aliphatic carbocycles. The Morgan fingerprint density at radius 3 is 2.29 bits per heavy atom. The minimum Gasteiger partial charge on any atom is -0.465 e. The van der Waals surface area contributed by atoms with Gasteiger partial charge < -0.3 is 4.74 Å². The van der Waals surface area contributed by atoms with Gasteiger partial charge in [0.05, 0.1) is 12.0 Å². The van der Waals surface area contributed by atoms with Crippen LogP contribution in [-0.2, 0) is 9.53 Å². The van der Waals surface area contributed by atoms with Crippen molar-refractivity contribution in [2.45, 2.75) is 90.4 Å². The van der Waals surface area contributed by atoms with Crippen LogP contribution >= 0.6 is 0 Å². The fraction of sp³-hybridized carbons (Fsp3) is 0.947. The molecule has 2 heteroatoms. The molecule has 21 heavy (non-hydrogen) atoms. The van der Waals surface area contributed by atoms with Crippen LogP contribution in [0.25, 0.3) is 0 Å². The maximum absolute atomic E-state index is 12.1. The van der Waals surface area contributed by atoms with E-state index < -0.39 is 0 Å². The van der Waals surface area contributed by atoms with Gasteiger partial charge in [0.1, 0.15) is 0 Å². The molecule has 1 heterocycles. The number of carbonyl (C=O) groups excluding carboxylic acids is 1. The Kier molecular flexibility index (Phi) is 4.61.